The van der Waals surface area contributed by atoms with Gasteiger partial charge >= 0.3 is 6.18 Å². The van der Waals surface area contributed by atoms with Gasteiger partial charge in [0.05, 0.1) is 0 Å². The fourth-order valence-corrected chi connectivity index (χ4v) is 1.41. The Kier molecular flexibility index (Phi) is 4.93. The molecule has 108 valence electrons. The molecule has 0 unspecified atom stereocenters. The second kappa shape index (κ2) is 6.05. The average molecular weight is 277 g/mol. The zero-order valence-electron chi connectivity index (χ0n) is 11.1. The van der Waals surface area contributed by atoms with Gasteiger partial charge in [-0.1, -0.05) is 13.8 Å². The summed E-state index contributed by atoms with van der Waals surface area (Å²) in [6, 6.07) is 0.918. The third-order valence-corrected chi connectivity index (χ3v) is 2.57. The van der Waals surface area contributed by atoms with E-state index in [0.717, 1.165) is 12.5 Å². The number of aromatic nitrogens is 2. The minimum absolute atomic E-state index is 0.191. The molecule has 0 atom stereocenters. The van der Waals surface area contributed by atoms with E-state index in [1.165, 1.54) is 0 Å². The number of hydrogen-bond acceptors (Lipinski definition) is 5. The topological polar surface area (TPSA) is 67.1 Å². The summed E-state index contributed by atoms with van der Waals surface area (Å²) >= 11 is 0. The highest BCUT2D eigenvalue weighted by Crippen LogP contribution is 2.30. The number of anilines is 2. The number of nitrogens with two attached hydrogens (primary N) is 1. The number of alkyl halides is 3. The Balaban J connectivity index is 2.99. The maximum atomic E-state index is 12.7. The molecule has 19 heavy (non-hydrogen) atoms. The Morgan fingerprint density at radius 2 is 2.00 bits per heavy atom. The SMILES string of the molecule is CC(C)CCN(C)c1cc(C(F)(F)F)nc(NN)n1. The lowest BCUT2D eigenvalue weighted by Gasteiger charge is -2.20. The Bertz CT molecular complexity index is 419. The molecule has 0 saturated heterocycles. The van der Waals surface area contributed by atoms with Gasteiger partial charge in [0.2, 0.25) is 5.95 Å². The smallest absolute Gasteiger partial charge is 0.359 e. The second-order valence-corrected chi connectivity index (χ2v) is 4.68. The van der Waals surface area contributed by atoms with Crippen molar-refractivity contribution in [3.63, 3.8) is 0 Å². The van der Waals surface area contributed by atoms with Crippen LogP contribution < -0.4 is 16.2 Å². The van der Waals surface area contributed by atoms with E-state index in [9.17, 15) is 13.2 Å². The van der Waals surface area contributed by atoms with Gasteiger partial charge in [0.15, 0.2) is 5.69 Å². The van der Waals surface area contributed by atoms with Gasteiger partial charge in [-0.25, -0.2) is 10.8 Å². The fourth-order valence-electron chi connectivity index (χ4n) is 1.41. The largest absolute Gasteiger partial charge is 0.433 e. The molecular weight excluding hydrogens is 259 g/mol. The quantitative estimate of drug-likeness (QED) is 0.638. The van der Waals surface area contributed by atoms with Gasteiger partial charge in [-0.3, -0.25) is 5.43 Å². The fraction of sp³-hybridized carbons (Fsp3) is 0.636. The molecule has 0 spiro atoms. The van der Waals surface area contributed by atoms with Gasteiger partial charge in [0.1, 0.15) is 5.82 Å². The first-order chi connectivity index (χ1) is 8.74. The molecule has 0 aliphatic rings. The Hall–Kier alpha value is -1.57. The van der Waals surface area contributed by atoms with Crippen molar-refractivity contribution in [1.82, 2.24) is 9.97 Å². The van der Waals surface area contributed by atoms with Crippen molar-refractivity contribution in [2.45, 2.75) is 26.4 Å². The molecule has 1 rings (SSSR count). The molecule has 0 aromatic carbocycles. The number of halogens is 3. The number of nitrogens with one attached hydrogen (secondary N) is 1. The molecule has 0 amide bonds. The molecular formula is C11H18F3N5. The number of hydrazine groups is 1. The molecule has 1 heterocycles. The number of hydrogen-bond donors (Lipinski definition) is 2. The summed E-state index contributed by atoms with van der Waals surface area (Å²) in [6.07, 6.45) is -3.67. The van der Waals surface area contributed by atoms with Crippen LogP contribution in [0.2, 0.25) is 0 Å². The normalized spacial score (nSPS) is 11.8. The van der Waals surface area contributed by atoms with E-state index >= 15 is 0 Å². The van der Waals surface area contributed by atoms with Crippen molar-refractivity contribution < 1.29 is 13.2 Å². The molecule has 0 fully saturated rings. The number of nitrogens with zero attached hydrogens (tertiary/aromatic N) is 3. The minimum atomic E-state index is -4.53. The predicted molar refractivity (Wildman–Crippen MR) is 67.6 cm³/mol. The van der Waals surface area contributed by atoms with Crippen molar-refractivity contribution in [3.05, 3.63) is 11.8 Å². The van der Waals surface area contributed by atoms with Crippen molar-refractivity contribution in [3.8, 4) is 0 Å². The standard InChI is InChI=1S/C11H18F3N5/c1-7(2)4-5-19(3)9-6-8(11(12,13)14)16-10(17-9)18-15/h6-7H,4-5,15H2,1-3H3,(H,16,17,18). The highest BCUT2D eigenvalue weighted by atomic mass is 19.4. The molecule has 5 nitrogen and oxygen atoms in total. The summed E-state index contributed by atoms with van der Waals surface area (Å²) in [5, 5.41) is 0. The molecule has 0 aliphatic heterocycles. The zero-order chi connectivity index (χ0) is 14.6. The first-order valence-corrected chi connectivity index (χ1v) is 5.88. The van der Waals surface area contributed by atoms with E-state index in [2.05, 4.69) is 15.4 Å². The molecule has 1 aromatic heterocycles. The van der Waals surface area contributed by atoms with E-state index in [1.54, 1.807) is 11.9 Å². The van der Waals surface area contributed by atoms with E-state index < -0.39 is 11.9 Å². The van der Waals surface area contributed by atoms with Gasteiger partial charge < -0.3 is 4.90 Å². The van der Waals surface area contributed by atoms with Crippen molar-refractivity contribution in [2.24, 2.45) is 11.8 Å². The predicted octanol–water partition coefficient (Wildman–Crippen LogP) is 2.26. The highest BCUT2D eigenvalue weighted by Gasteiger charge is 2.34. The number of rotatable bonds is 5. The molecule has 0 saturated carbocycles. The summed E-state index contributed by atoms with van der Waals surface area (Å²) in [5.74, 6) is 5.49. The minimum Gasteiger partial charge on any atom is -0.359 e. The molecule has 1 aromatic rings. The highest BCUT2D eigenvalue weighted by molar-refractivity contribution is 5.44. The third-order valence-electron chi connectivity index (χ3n) is 2.57. The van der Waals surface area contributed by atoms with Gasteiger partial charge in [-0.05, 0) is 12.3 Å². The van der Waals surface area contributed by atoms with Gasteiger partial charge in [0.25, 0.3) is 0 Å². The molecule has 0 radical (unpaired) electrons. The summed E-state index contributed by atoms with van der Waals surface area (Å²) < 4.78 is 38.1. The van der Waals surface area contributed by atoms with Crippen LogP contribution in [0.1, 0.15) is 26.0 Å². The lowest BCUT2D eigenvalue weighted by molar-refractivity contribution is -0.141. The first kappa shape index (κ1) is 15.5. The van der Waals surface area contributed by atoms with E-state index in [-0.39, 0.29) is 11.8 Å². The van der Waals surface area contributed by atoms with Crippen molar-refractivity contribution in [2.75, 3.05) is 23.9 Å². The molecule has 0 aliphatic carbocycles. The van der Waals surface area contributed by atoms with E-state index in [0.29, 0.717) is 12.5 Å². The Morgan fingerprint density at radius 1 is 1.37 bits per heavy atom. The van der Waals surface area contributed by atoms with Crippen LogP contribution in [0.15, 0.2) is 6.07 Å². The van der Waals surface area contributed by atoms with Crippen LogP contribution in [0.25, 0.3) is 0 Å². The molecule has 3 N–H and O–H groups in total. The summed E-state index contributed by atoms with van der Waals surface area (Å²) in [5.41, 5.74) is 1.04. The van der Waals surface area contributed by atoms with Crippen LogP contribution in [-0.4, -0.2) is 23.6 Å². The molecule has 0 bridgehead atoms. The summed E-state index contributed by atoms with van der Waals surface area (Å²) in [4.78, 5) is 8.87. The first-order valence-electron chi connectivity index (χ1n) is 5.88. The zero-order valence-corrected chi connectivity index (χ0v) is 11.1. The van der Waals surface area contributed by atoms with Crippen LogP contribution in [0.5, 0.6) is 0 Å². The van der Waals surface area contributed by atoms with E-state index in [4.69, 9.17) is 5.84 Å². The average Bonchev–Trinajstić information content (AvgIpc) is 2.34. The van der Waals surface area contributed by atoms with Gasteiger partial charge in [0, 0.05) is 19.7 Å². The van der Waals surface area contributed by atoms with Crippen LogP contribution in [0.4, 0.5) is 24.9 Å². The third kappa shape index (κ3) is 4.55. The van der Waals surface area contributed by atoms with Gasteiger partial charge in [-0.15, -0.1) is 0 Å². The molecule has 8 heteroatoms. The van der Waals surface area contributed by atoms with Crippen molar-refractivity contribution >= 4 is 11.8 Å². The van der Waals surface area contributed by atoms with Crippen LogP contribution >= 0.6 is 0 Å². The Morgan fingerprint density at radius 3 is 2.47 bits per heavy atom. The Labute approximate surface area is 110 Å². The maximum Gasteiger partial charge on any atom is 0.433 e. The summed E-state index contributed by atoms with van der Waals surface area (Å²) in [6.45, 7) is 4.69. The monoisotopic (exact) mass is 277 g/mol. The maximum absolute atomic E-state index is 12.7. The van der Waals surface area contributed by atoms with Crippen LogP contribution in [0, 0.1) is 5.92 Å². The van der Waals surface area contributed by atoms with Crippen molar-refractivity contribution in [1.29, 1.82) is 0 Å². The lowest BCUT2D eigenvalue weighted by Crippen LogP contribution is -2.24. The lowest BCUT2D eigenvalue weighted by atomic mass is 10.1. The van der Waals surface area contributed by atoms with Crippen LogP contribution in [-0.2, 0) is 6.18 Å². The summed E-state index contributed by atoms with van der Waals surface area (Å²) in [7, 11) is 1.69. The second-order valence-electron chi connectivity index (χ2n) is 4.68. The van der Waals surface area contributed by atoms with Crippen LogP contribution in [0.3, 0.4) is 0 Å². The van der Waals surface area contributed by atoms with E-state index in [1.807, 2.05) is 13.8 Å². The number of nitrogen functional groups attached to an aromatic ring is 1. The van der Waals surface area contributed by atoms with Gasteiger partial charge in [-0.2, -0.15) is 18.2 Å².